The third-order valence-corrected chi connectivity index (χ3v) is 4.56. The van der Waals surface area contributed by atoms with Crippen LogP contribution in [-0.4, -0.2) is 59.5 Å². The maximum atomic E-state index is 10.5. The van der Waals surface area contributed by atoms with Crippen LogP contribution in [0.4, 0.5) is 0 Å². The quantitative estimate of drug-likeness (QED) is 0.373. The normalized spacial score (nSPS) is 8.25. The summed E-state index contributed by atoms with van der Waals surface area (Å²) in [5.41, 5.74) is 0. The summed E-state index contributed by atoms with van der Waals surface area (Å²) < 4.78 is 12.4. The van der Waals surface area contributed by atoms with Crippen molar-refractivity contribution in [1.29, 1.82) is 0 Å². The Morgan fingerprint density at radius 1 is 0.688 bits per heavy atom. The summed E-state index contributed by atoms with van der Waals surface area (Å²) in [5.74, 6) is -4.30. The van der Waals surface area contributed by atoms with Crippen LogP contribution in [0.15, 0.2) is 0 Å². The Kier molecular flexibility index (Phi) is 6.76. The van der Waals surface area contributed by atoms with Crippen molar-refractivity contribution in [1.82, 2.24) is 0 Å². The molecule has 0 spiro atoms. The molecule has 10 heteroatoms. The second-order valence-corrected chi connectivity index (χ2v) is 5.62. The zero-order chi connectivity index (χ0) is 12.6. The first kappa shape index (κ1) is 14.3. The molecule has 0 aliphatic carbocycles. The molecule has 0 fully saturated rings. The molecule has 0 amide bonds. The van der Waals surface area contributed by atoms with Gasteiger partial charge in [0, 0.05) is 0 Å². The van der Waals surface area contributed by atoms with E-state index < -0.39 is 40.7 Å². The molecule has 0 atom stereocenters. The van der Waals surface area contributed by atoms with Gasteiger partial charge in [-0.25, -0.2) is 0 Å². The van der Waals surface area contributed by atoms with Crippen molar-refractivity contribution in [3.05, 3.63) is 0 Å². The molecule has 9 nitrogen and oxygen atoms in total. The average Bonchev–Trinajstić information content (AvgIpc) is 2.28. The third kappa shape index (κ3) is 5.90. The predicted octanol–water partition coefficient (Wildman–Crippen LogP) is -2.80. The monoisotopic (exact) mass is 334 g/mol. The first-order valence-electron chi connectivity index (χ1n) is 3.50. The van der Waals surface area contributed by atoms with Crippen molar-refractivity contribution in [2.24, 2.45) is 0 Å². The molecule has 0 aromatic heterocycles. The maximum absolute atomic E-state index is 10.5. The third-order valence-electron chi connectivity index (χ3n) is 0.926. The summed E-state index contributed by atoms with van der Waals surface area (Å²) >= 11 is -4.44. The Morgan fingerprint density at radius 3 is 1.12 bits per heavy atom. The molecule has 0 bridgehead atoms. The Bertz CT molecular complexity index is 283. The zero-order valence-corrected chi connectivity index (χ0v) is 10.8. The molecule has 0 saturated heterocycles. The topological polar surface area (TPSA) is 130 Å². The molecule has 0 aromatic carbocycles. The van der Waals surface area contributed by atoms with E-state index in [2.05, 4.69) is 8.56 Å². The van der Waals surface area contributed by atoms with Crippen LogP contribution in [0.1, 0.15) is 0 Å². The van der Waals surface area contributed by atoms with Gasteiger partial charge in [-0.1, -0.05) is 0 Å². The Balaban J connectivity index is 4.48. The van der Waals surface area contributed by atoms with Crippen molar-refractivity contribution < 1.29 is 37.3 Å². The fourth-order valence-corrected chi connectivity index (χ4v) is 2.95. The number of hydrogen-bond donors (Lipinski definition) is 0. The minimum atomic E-state index is -4.44. The van der Waals surface area contributed by atoms with Gasteiger partial charge >= 0.3 is 96.8 Å². The van der Waals surface area contributed by atoms with E-state index in [4.69, 9.17) is 0 Å². The van der Waals surface area contributed by atoms with Gasteiger partial charge in [0.2, 0.25) is 0 Å². The van der Waals surface area contributed by atoms with Gasteiger partial charge in [-0.2, -0.15) is 0 Å². The van der Waals surface area contributed by atoms with Crippen LogP contribution in [0.2, 0.25) is 0 Å². The van der Waals surface area contributed by atoms with E-state index in [1.165, 1.54) is 0 Å². The molecule has 16 heavy (non-hydrogen) atoms. The first-order chi connectivity index (χ1) is 7.53. The summed E-state index contributed by atoms with van der Waals surface area (Å²) in [7, 11) is 0. The summed E-state index contributed by atoms with van der Waals surface area (Å²) in [5, 5.41) is 0. The Hall–Kier alpha value is -1.71. The van der Waals surface area contributed by atoms with Crippen LogP contribution >= 0.6 is 0 Å². The summed E-state index contributed by atoms with van der Waals surface area (Å²) in [6.07, 6.45) is -0.770. The van der Waals surface area contributed by atoms with Gasteiger partial charge in [0.1, 0.15) is 0 Å². The van der Waals surface area contributed by atoms with Crippen molar-refractivity contribution >= 4 is 59.5 Å². The molecule has 0 aromatic rings. The second kappa shape index (κ2) is 7.56. The molecular formula is C6H3InO9. The van der Waals surface area contributed by atoms with Crippen LogP contribution in [0, 0.1) is 0 Å². The van der Waals surface area contributed by atoms with E-state index >= 15 is 0 Å². The number of aldehydes is 3. The number of carbonyl (C=O) groups is 6. The standard InChI is InChI=1S/3C2H2O3.In/c3*3-1-2(4)5;/h3*1H,(H,4,5);/q;;;+3/p-3. The Labute approximate surface area is 97.0 Å². The second-order valence-electron chi connectivity index (χ2n) is 1.95. The van der Waals surface area contributed by atoms with Gasteiger partial charge in [0.05, 0.1) is 0 Å². The molecule has 0 aliphatic heterocycles. The average molecular weight is 334 g/mol. The fourth-order valence-electron chi connectivity index (χ4n) is 0.440. The van der Waals surface area contributed by atoms with E-state index in [1.807, 2.05) is 0 Å². The van der Waals surface area contributed by atoms with E-state index in [9.17, 15) is 28.8 Å². The zero-order valence-electron chi connectivity index (χ0n) is 7.48. The molecule has 0 heterocycles. The van der Waals surface area contributed by atoms with Crippen LogP contribution in [0.25, 0.3) is 0 Å². The fraction of sp³-hybridized carbons (Fsp3) is 0. The van der Waals surface area contributed by atoms with Gasteiger partial charge in [-0.15, -0.1) is 0 Å². The van der Waals surface area contributed by atoms with E-state index in [1.54, 1.807) is 0 Å². The van der Waals surface area contributed by atoms with Crippen molar-refractivity contribution in [2.45, 2.75) is 0 Å². The number of rotatable bonds is 6. The van der Waals surface area contributed by atoms with Gasteiger partial charge in [0.15, 0.2) is 0 Å². The van der Waals surface area contributed by atoms with Crippen LogP contribution in [0.3, 0.4) is 0 Å². The Morgan fingerprint density at radius 2 is 0.938 bits per heavy atom. The van der Waals surface area contributed by atoms with Crippen LogP contribution in [-0.2, 0) is 37.3 Å². The van der Waals surface area contributed by atoms with Crippen LogP contribution in [0.5, 0.6) is 0 Å². The molecule has 0 unspecified atom stereocenters. The van der Waals surface area contributed by atoms with Gasteiger partial charge in [-0.05, 0) is 0 Å². The van der Waals surface area contributed by atoms with Crippen molar-refractivity contribution in [3.63, 3.8) is 0 Å². The molecule has 84 valence electrons. The molecule has 0 N–H and O–H groups in total. The minimum absolute atomic E-state index is 0.257. The molecule has 0 rings (SSSR count). The SMILES string of the molecule is O=CC(=O)[O][In]([O]C(=O)C=O)[O]C(=O)C=O. The van der Waals surface area contributed by atoms with Gasteiger partial charge in [0.25, 0.3) is 0 Å². The molecular weight excluding hydrogens is 331 g/mol. The van der Waals surface area contributed by atoms with E-state index in [0.717, 1.165) is 0 Å². The first-order valence-corrected chi connectivity index (χ1v) is 7.54. The predicted molar refractivity (Wildman–Crippen MR) is 42.2 cm³/mol. The van der Waals surface area contributed by atoms with E-state index in [0.29, 0.717) is 0 Å². The van der Waals surface area contributed by atoms with Crippen molar-refractivity contribution in [3.8, 4) is 0 Å². The summed E-state index contributed by atoms with van der Waals surface area (Å²) in [6.45, 7) is 0. The molecule has 0 aliphatic rings. The van der Waals surface area contributed by atoms with Crippen molar-refractivity contribution in [2.75, 3.05) is 0 Å². The number of hydrogen-bond acceptors (Lipinski definition) is 9. The molecule has 0 saturated carbocycles. The molecule has 0 radical (unpaired) electrons. The van der Waals surface area contributed by atoms with E-state index in [-0.39, 0.29) is 18.9 Å². The van der Waals surface area contributed by atoms with Gasteiger partial charge < -0.3 is 0 Å². The summed E-state index contributed by atoms with van der Waals surface area (Å²) in [4.78, 5) is 61.1. The van der Waals surface area contributed by atoms with Gasteiger partial charge in [-0.3, -0.25) is 0 Å². The van der Waals surface area contributed by atoms with Crippen LogP contribution < -0.4 is 0 Å². The summed E-state index contributed by atoms with van der Waals surface area (Å²) in [6, 6.07) is 0. The number of carbonyl (C=O) groups excluding carboxylic acids is 6.